The Balaban J connectivity index is 1.86. The zero-order valence-corrected chi connectivity index (χ0v) is 20.4. The third kappa shape index (κ3) is 6.34. The maximum absolute atomic E-state index is 13.3. The Hall–Kier alpha value is -2.42. The Morgan fingerprint density at radius 2 is 1.73 bits per heavy atom. The van der Waals surface area contributed by atoms with Gasteiger partial charge in [-0.1, -0.05) is 49.1 Å². The van der Waals surface area contributed by atoms with Gasteiger partial charge in [0.15, 0.2) is 0 Å². The highest BCUT2D eigenvalue weighted by atomic mass is 35.5. The summed E-state index contributed by atoms with van der Waals surface area (Å²) in [6.45, 7) is -0.124. The summed E-state index contributed by atoms with van der Waals surface area (Å²) in [6.07, 6.45) is 4.81. The first-order valence-corrected chi connectivity index (χ1v) is 12.7. The van der Waals surface area contributed by atoms with Crippen LogP contribution in [-0.4, -0.2) is 56.2 Å². The number of hydrogen-bond donors (Lipinski definition) is 0. The molecule has 0 radical (unpaired) electrons. The van der Waals surface area contributed by atoms with Gasteiger partial charge in [0, 0.05) is 30.2 Å². The number of carbonyl (C=O) groups is 2. The minimum atomic E-state index is -3.76. The molecule has 0 aromatic heterocycles. The van der Waals surface area contributed by atoms with Crippen LogP contribution in [0.15, 0.2) is 53.4 Å². The van der Waals surface area contributed by atoms with Crippen LogP contribution in [0.3, 0.4) is 0 Å². The lowest BCUT2D eigenvalue weighted by atomic mass is 9.96. The summed E-state index contributed by atoms with van der Waals surface area (Å²) in [5.74, 6) is -1.04. The predicted molar refractivity (Wildman–Crippen MR) is 126 cm³/mol. The number of rotatable bonds is 8. The van der Waals surface area contributed by atoms with E-state index < -0.39 is 21.9 Å². The molecule has 1 saturated carbocycles. The Morgan fingerprint density at radius 1 is 1.06 bits per heavy atom. The van der Waals surface area contributed by atoms with E-state index >= 15 is 0 Å². The van der Waals surface area contributed by atoms with Gasteiger partial charge in [-0.05, 0) is 48.7 Å². The molecule has 0 atom stereocenters. The van der Waals surface area contributed by atoms with Gasteiger partial charge in [0.2, 0.25) is 10.0 Å². The molecule has 2 aromatic carbocycles. The van der Waals surface area contributed by atoms with Crippen LogP contribution in [0.5, 0.6) is 0 Å². The quantitative estimate of drug-likeness (QED) is 0.518. The Kier molecular flexibility index (Phi) is 8.51. The second-order valence-electron chi connectivity index (χ2n) is 8.20. The van der Waals surface area contributed by atoms with E-state index in [0.29, 0.717) is 5.02 Å². The fourth-order valence-corrected chi connectivity index (χ4v) is 5.60. The van der Waals surface area contributed by atoms with E-state index in [4.69, 9.17) is 16.3 Å². The molecule has 1 amide bonds. The van der Waals surface area contributed by atoms with Crippen LogP contribution in [0.25, 0.3) is 0 Å². The number of ether oxygens (including phenoxy) is 1. The van der Waals surface area contributed by atoms with Gasteiger partial charge in [-0.2, -0.15) is 4.31 Å². The molecular weight excluding hydrogens is 464 g/mol. The molecule has 0 N–H and O–H groups in total. The number of methoxy groups -OCH3 is 1. The number of esters is 1. The van der Waals surface area contributed by atoms with E-state index in [1.54, 1.807) is 43.4 Å². The molecule has 0 bridgehead atoms. The maximum atomic E-state index is 13.3. The van der Waals surface area contributed by atoms with Crippen molar-refractivity contribution in [3.63, 3.8) is 0 Å². The summed E-state index contributed by atoms with van der Waals surface area (Å²) in [4.78, 5) is 26.6. The lowest BCUT2D eigenvalue weighted by Gasteiger charge is -2.30. The zero-order chi connectivity index (χ0) is 24.0. The molecular formula is C24H29ClN2O5S. The van der Waals surface area contributed by atoms with E-state index in [9.17, 15) is 18.0 Å². The topological polar surface area (TPSA) is 84.0 Å². The van der Waals surface area contributed by atoms with E-state index in [2.05, 4.69) is 0 Å². The summed E-state index contributed by atoms with van der Waals surface area (Å²) >= 11 is 5.94. The van der Waals surface area contributed by atoms with Gasteiger partial charge in [0.1, 0.15) is 6.54 Å². The largest absolute Gasteiger partial charge is 0.468 e. The average molecular weight is 493 g/mol. The van der Waals surface area contributed by atoms with Crippen LogP contribution < -0.4 is 0 Å². The number of halogens is 1. The third-order valence-electron chi connectivity index (χ3n) is 5.97. The van der Waals surface area contributed by atoms with Crippen molar-refractivity contribution in [3.8, 4) is 0 Å². The molecule has 2 aromatic rings. The Morgan fingerprint density at radius 3 is 2.36 bits per heavy atom. The van der Waals surface area contributed by atoms with Crippen molar-refractivity contribution in [2.45, 2.75) is 49.6 Å². The average Bonchev–Trinajstić information content (AvgIpc) is 2.84. The summed E-state index contributed by atoms with van der Waals surface area (Å²) in [5.41, 5.74) is 0.962. The molecule has 7 nitrogen and oxygen atoms in total. The van der Waals surface area contributed by atoms with Gasteiger partial charge in [-0.15, -0.1) is 0 Å². The first-order valence-electron chi connectivity index (χ1n) is 10.9. The molecule has 0 spiro atoms. The monoisotopic (exact) mass is 492 g/mol. The lowest BCUT2D eigenvalue weighted by molar-refractivity contribution is -0.141. The second kappa shape index (κ2) is 11.1. The summed E-state index contributed by atoms with van der Waals surface area (Å²) in [5, 5.41) is 0.560. The molecule has 178 valence electrons. The molecule has 0 unspecified atom stereocenters. The molecule has 0 aliphatic heterocycles. The molecule has 33 heavy (non-hydrogen) atoms. The van der Waals surface area contributed by atoms with Crippen LogP contribution in [-0.2, 0) is 26.1 Å². The van der Waals surface area contributed by atoms with Crippen molar-refractivity contribution in [3.05, 3.63) is 64.7 Å². The maximum Gasteiger partial charge on any atom is 0.325 e. The van der Waals surface area contributed by atoms with Gasteiger partial charge in [-0.25, -0.2) is 8.42 Å². The molecule has 1 aliphatic carbocycles. The van der Waals surface area contributed by atoms with Crippen LogP contribution >= 0.6 is 11.6 Å². The fraction of sp³-hybridized carbons (Fsp3) is 0.417. The number of amides is 1. The first kappa shape index (κ1) is 25.2. The van der Waals surface area contributed by atoms with Gasteiger partial charge in [0.05, 0.1) is 12.0 Å². The molecule has 0 saturated heterocycles. The predicted octanol–water partition coefficient (Wildman–Crippen LogP) is 4.11. The third-order valence-corrected chi connectivity index (χ3v) is 8.13. The van der Waals surface area contributed by atoms with Crippen LogP contribution in [0.2, 0.25) is 5.02 Å². The van der Waals surface area contributed by atoms with Gasteiger partial charge >= 0.3 is 5.97 Å². The van der Waals surface area contributed by atoms with Crippen molar-refractivity contribution in [1.29, 1.82) is 0 Å². The van der Waals surface area contributed by atoms with Crippen LogP contribution in [0.1, 0.15) is 48.0 Å². The number of benzene rings is 2. The molecule has 9 heteroatoms. The van der Waals surface area contributed by atoms with E-state index in [-0.39, 0.29) is 29.6 Å². The van der Waals surface area contributed by atoms with Crippen molar-refractivity contribution >= 4 is 33.5 Å². The molecule has 1 fully saturated rings. The van der Waals surface area contributed by atoms with Gasteiger partial charge < -0.3 is 9.64 Å². The summed E-state index contributed by atoms with van der Waals surface area (Å²) in [6, 6.07) is 12.9. The van der Waals surface area contributed by atoms with Crippen molar-refractivity contribution < 1.29 is 22.7 Å². The molecule has 0 heterocycles. The van der Waals surface area contributed by atoms with Crippen LogP contribution in [0.4, 0.5) is 0 Å². The zero-order valence-electron chi connectivity index (χ0n) is 18.9. The summed E-state index contributed by atoms with van der Waals surface area (Å²) in [7, 11) is -0.903. The van der Waals surface area contributed by atoms with Crippen molar-refractivity contribution in [2.24, 2.45) is 0 Å². The highest BCUT2D eigenvalue weighted by Crippen LogP contribution is 2.27. The fourth-order valence-electron chi connectivity index (χ4n) is 4.01. The van der Waals surface area contributed by atoms with Crippen LogP contribution in [0, 0.1) is 0 Å². The molecule has 1 aliphatic rings. The van der Waals surface area contributed by atoms with E-state index in [1.807, 2.05) is 0 Å². The van der Waals surface area contributed by atoms with E-state index in [1.165, 1.54) is 28.4 Å². The highest BCUT2D eigenvalue weighted by Gasteiger charge is 2.30. The minimum absolute atomic E-state index is 0.0381. The Bertz CT molecular complexity index is 1080. The number of hydrogen-bond acceptors (Lipinski definition) is 5. The minimum Gasteiger partial charge on any atom is -0.468 e. The lowest BCUT2D eigenvalue weighted by Crippen LogP contribution is -2.38. The SMILES string of the molecule is COC(=O)CN(Cc1ccc(Cl)cc1)C(=O)c1cccc(S(=O)(=O)N(C)C2CCCCC2)c1. The van der Waals surface area contributed by atoms with Gasteiger partial charge in [-0.3, -0.25) is 9.59 Å². The normalized spacial score (nSPS) is 14.8. The Labute approximate surface area is 200 Å². The number of carbonyl (C=O) groups excluding carboxylic acids is 2. The number of nitrogens with zero attached hydrogens (tertiary/aromatic N) is 2. The standard InChI is InChI=1S/C24H29ClN2O5S/c1-26(21-8-4-3-5-9-21)33(30,31)22-10-6-7-19(15-22)24(29)27(17-23(28)32-2)16-18-11-13-20(25)14-12-18/h6-7,10-15,21H,3-5,8-9,16-17H2,1-2H3. The van der Waals surface area contributed by atoms with Crippen molar-refractivity contribution in [2.75, 3.05) is 20.7 Å². The molecule has 3 rings (SSSR count). The second-order valence-corrected chi connectivity index (χ2v) is 10.6. The first-order chi connectivity index (χ1) is 15.7. The number of sulfonamides is 1. The van der Waals surface area contributed by atoms with Gasteiger partial charge in [0.25, 0.3) is 5.91 Å². The highest BCUT2D eigenvalue weighted by molar-refractivity contribution is 7.89. The van der Waals surface area contributed by atoms with Crippen molar-refractivity contribution in [1.82, 2.24) is 9.21 Å². The smallest absolute Gasteiger partial charge is 0.325 e. The summed E-state index contributed by atoms with van der Waals surface area (Å²) < 4.78 is 32.6. The van der Waals surface area contributed by atoms with E-state index in [0.717, 1.165) is 37.7 Å².